The predicted octanol–water partition coefficient (Wildman–Crippen LogP) is 3.80. The summed E-state index contributed by atoms with van der Waals surface area (Å²) in [5, 5.41) is 5.76. The quantitative estimate of drug-likeness (QED) is 0.395. The summed E-state index contributed by atoms with van der Waals surface area (Å²) in [4.78, 5) is 47.4. The van der Waals surface area contributed by atoms with Crippen LogP contribution < -0.4 is 25.8 Å². The molecule has 2 N–H and O–H groups in total. The lowest BCUT2D eigenvalue weighted by Gasteiger charge is -2.41. The van der Waals surface area contributed by atoms with Gasteiger partial charge in [0.15, 0.2) is 5.75 Å². The lowest BCUT2D eigenvalue weighted by Crippen LogP contribution is -2.60. The van der Waals surface area contributed by atoms with E-state index in [1.807, 2.05) is 9.80 Å². The first-order chi connectivity index (χ1) is 21.7. The van der Waals surface area contributed by atoms with Crippen molar-refractivity contribution in [3.63, 3.8) is 0 Å². The Hall–Kier alpha value is -4.37. The third-order valence-corrected chi connectivity index (χ3v) is 8.19. The number of nitrogens with zero attached hydrogens (tertiary/aromatic N) is 4. The molecule has 3 aliphatic rings. The van der Waals surface area contributed by atoms with E-state index in [-0.39, 0.29) is 17.4 Å². The van der Waals surface area contributed by atoms with Crippen LogP contribution in [0.3, 0.4) is 0 Å². The molecular formula is C31H35F3N6O6. The van der Waals surface area contributed by atoms with Crippen LogP contribution in [0.25, 0.3) is 16.6 Å². The van der Waals surface area contributed by atoms with Gasteiger partial charge in [-0.25, -0.2) is 9.78 Å². The van der Waals surface area contributed by atoms with Crippen LogP contribution in [0.1, 0.15) is 33.6 Å². The summed E-state index contributed by atoms with van der Waals surface area (Å²) >= 11 is 0. The Labute approximate surface area is 262 Å². The van der Waals surface area contributed by atoms with E-state index in [2.05, 4.69) is 20.4 Å². The lowest BCUT2D eigenvalue weighted by molar-refractivity contribution is -0.274. The summed E-state index contributed by atoms with van der Waals surface area (Å²) in [6.45, 7) is 8.50. The SMILES string of the molecule is CC(C)(C)OC(=O)NC1CN(c2ccc3c(=O)n(-c4ccc(OC(F)(F)F)c(NC(=O)C5(N6CCOCC6)CC5)c4)cnc3c2)C1. The highest BCUT2D eigenvalue weighted by Gasteiger charge is 2.54. The molecule has 2 aliphatic heterocycles. The molecule has 1 aromatic heterocycles. The van der Waals surface area contributed by atoms with Crippen molar-refractivity contribution in [1.29, 1.82) is 0 Å². The molecule has 0 atom stereocenters. The fourth-order valence-corrected chi connectivity index (χ4v) is 5.76. The van der Waals surface area contributed by atoms with Crippen molar-refractivity contribution in [1.82, 2.24) is 19.8 Å². The Bertz CT molecular complexity index is 1710. The summed E-state index contributed by atoms with van der Waals surface area (Å²) in [5.74, 6) is -1.03. The van der Waals surface area contributed by atoms with E-state index in [0.29, 0.717) is 63.1 Å². The number of aromatic nitrogens is 2. The second-order valence-corrected chi connectivity index (χ2v) is 12.7. The summed E-state index contributed by atoms with van der Waals surface area (Å²) in [7, 11) is 0. The Morgan fingerprint density at radius 2 is 1.72 bits per heavy atom. The van der Waals surface area contributed by atoms with Gasteiger partial charge in [0.2, 0.25) is 5.91 Å². The molecule has 0 radical (unpaired) electrons. The van der Waals surface area contributed by atoms with E-state index in [4.69, 9.17) is 9.47 Å². The molecular weight excluding hydrogens is 609 g/mol. The zero-order valence-corrected chi connectivity index (χ0v) is 25.6. The molecule has 3 fully saturated rings. The summed E-state index contributed by atoms with van der Waals surface area (Å²) in [6, 6.07) is 8.71. The number of alkyl halides is 3. The number of carbonyl (C=O) groups is 2. The Balaban J connectivity index is 1.21. The largest absolute Gasteiger partial charge is 0.573 e. The van der Waals surface area contributed by atoms with Crippen LogP contribution in [0.4, 0.5) is 29.3 Å². The van der Waals surface area contributed by atoms with E-state index in [0.717, 1.165) is 11.8 Å². The standard InChI is InChI=1S/C31H35F3N6O6/c1-29(2,3)46-28(43)36-19-16-38(17-19)20-4-6-22-23(14-20)35-18-40(26(22)41)21-5-7-25(45-31(32,33)34)24(15-21)37-27(42)30(8-9-30)39-10-12-44-13-11-39/h4-7,14-15,18-19H,8-13,16-17H2,1-3H3,(H,36,43)(H,37,42). The summed E-state index contributed by atoms with van der Waals surface area (Å²) < 4.78 is 55.9. The van der Waals surface area contributed by atoms with Gasteiger partial charge in [0, 0.05) is 31.9 Å². The van der Waals surface area contributed by atoms with Gasteiger partial charge in [-0.15, -0.1) is 13.2 Å². The van der Waals surface area contributed by atoms with Gasteiger partial charge >= 0.3 is 12.5 Å². The van der Waals surface area contributed by atoms with Crippen molar-refractivity contribution in [3.05, 3.63) is 53.1 Å². The van der Waals surface area contributed by atoms with Crippen molar-refractivity contribution in [2.75, 3.05) is 49.6 Å². The highest BCUT2D eigenvalue weighted by molar-refractivity contribution is 6.01. The zero-order chi connectivity index (χ0) is 32.9. The van der Waals surface area contributed by atoms with Gasteiger partial charge < -0.3 is 29.7 Å². The van der Waals surface area contributed by atoms with Crippen molar-refractivity contribution in [2.24, 2.45) is 0 Å². The van der Waals surface area contributed by atoms with Crippen LogP contribution in [0.15, 0.2) is 47.5 Å². The number of rotatable bonds is 7. The third-order valence-electron chi connectivity index (χ3n) is 8.19. The number of morpholine rings is 1. The van der Waals surface area contributed by atoms with E-state index in [1.165, 1.54) is 23.0 Å². The average Bonchev–Trinajstić information content (AvgIpc) is 3.77. The number of anilines is 2. The van der Waals surface area contributed by atoms with E-state index >= 15 is 0 Å². The zero-order valence-electron chi connectivity index (χ0n) is 25.6. The van der Waals surface area contributed by atoms with E-state index in [9.17, 15) is 27.6 Å². The predicted molar refractivity (Wildman–Crippen MR) is 162 cm³/mol. The summed E-state index contributed by atoms with van der Waals surface area (Å²) in [5.41, 5.74) is -0.644. The van der Waals surface area contributed by atoms with E-state index < -0.39 is 40.8 Å². The molecule has 6 rings (SSSR count). The maximum absolute atomic E-state index is 13.5. The van der Waals surface area contributed by atoms with Crippen LogP contribution in [-0.4, -0.2) is 89.4 Å². The van der Waals surface area contributed by atoms with E-state index in [1.54, 1.807) is 39.0 Å². The summed E-state index contributed by atoms with van der Waals surface area (Å²) in [6.07, 6.45) is -3.05. The topological polar surface area (TPSA) is 127 Å². The molecule has 246 valence electrons. The minimum absolute atomic E-state index is 0.0887. The maximum Gasteiger partial charge on any atom is 0.573 e. The molecule has 0 spiro atoms. The highest BCUT2D eigenvalue weighted by Crippen LogP contribution is 2.44. The monoisotopic (exact) mass is 644 g/mol. The van der Waals surface area contributed by atoms with Gasteiger partial charge in [-0.1, -0.05) is 0 Å². The van der Waals surface area contributed by atoms with Crippen molar-refractivity contribution < 1.29 is 37.0 Å². The number of halogens is 3. The second kappa shape index (κ2) is 11.8. The Morgan fingerprint density at radius 1 is 1.02 bits per heavy atom. The minimum Gasteiger partial charge on any atom is -0.444 e. The number of amides is 2. The molecule has 1 saturated carbocycles. The van der Waals surface area contributed by atoms with Gasteiger partial charge in [0.1, 0.15) is 17.5 Å². The van der Waals surface area contributed by atoms with Crippen LogP contribution in [-0.2, 0) is 14.3 Å². The van der Waals surface area contributed by atoms with Gasteiger partial charge in [-0.05, 0) is 70.0 Å². The first-order valence-electron chi connectivity index (χ1n) is 15.0. The molecule has 2 aromatic carbocycles. The number of fused-ring (bicyclic) bond motifs is 1. The number of hydrogen-bond donors (Lipinski definition) is 2. The Kier molecular flexibility index (Phi) is 8.09. The molecule has 2 amide bonds. The van der Waals surface area contributed by atoms with Crippen LogP contribution >= 0.6 is 0 Å². The molecule has 0 bridgehead atoms. The first-order valence-corrected chi connectivity index (χ1v) is 15.0. The maximum atomic E-state index is 13.5. The Morgan fingerprint density at radius 3 is 2.37 bits per heavy atom. The van der Waals surface area contributed by atoms with Crippen molar-refractivity contribution in [2.45, 2.75) is 57.2 Å². The first kappa shape index (κ1) is 31.6. The lowest BCUT2D eigenvalue weighted by atomic mass is 10.1. The number of carbonyl (C=O) groups excluding carboxylic acids is 2. The number of nitrogens with one attached hydrogen (secondary N) is 2. The molecule has 12 nitrogen and oxygen atoms in total. The highest BCUT2D eigenvalue weighted by atomic mass is 19.4. The number of hydrogen-bond acceptors (Lipinski definition) is 9. The smallest absolute Gasteiger partial charge is 0.444 e. The van der Waals surface area contributed by atoms with Crippen molar-refractivity contribution in [3.8, 4) is 11.4 Å². The molecule has 2 saturated heterocycles. The fourth-order valence-electron chi connectivity index (χ4n) is 5.76. The minimum atomic E-state index is -5.00. The number of alkyl carbamates (subject to hydrolysis) is 1. The number of ether oxygens (including phenoxy) is 3. The van der Waals surface area contributed by atoms with Gasteiger partial charge in [-0.2, -0.15) is 0 Å². The fraction of sp³-hybridized carbons (Fsp3) is 0.484. The van der Waals surface area contributed by atoms with Crippen molar-refractivity contribution >= 4 is 34.3 Å². The normalized spacial score (nSPS) is 18.5. The second-order valence-electron chi connectivity index (χ2n) is 12.7. The van der Waals surface area contributed by atoms with Gasteiger partial charge in [-0.3, -0.25) is 19.1 Å². The van der Waals surface area contributed by atoms with Gasteiger partial charge in [0.05, 0.1) is 41.5 Å². The van der Waals surface area contributed by atoms with Gasteiger partial charge in [0.25, 0.3) is 5.56 Å². The average molecular weight is 645 g/mol. The number of benzene rings is 2. The third kappa shape index (κ3) is 6.75. The molecule has 3 heterocycles. The molecule has 1 aliphatic carbocycles. The molecule has 3 aromatic rings. The molecule has 46 heavy (non-hydrogen) atoms. The van der Waals surface area contributed by atoms with Crippen LogP contribution in [0.5, 0.6) is 5.75 Å². The van der Waals surface area contributed by atoms with Crippen LogP contribution in [0, 0.1) is 0 Å². The molecule has 0 unspecified atom stereocenters. The van der Waals surface area contributed by atoms with Crippen LogP contribution in [0.2, 0.25) is 0 Å². The molecule has 15 heteroatoms.